The summed E-state index contributed by atoms with van der Waals surface area (Å²) in [5.41, 5.74) is 1.35. The molecule has 0 spiro atoms. The van der Waals surface area contributed by atoms with Crippen molar-refractivity contribution in [2.24, 2.45) is 11.3 Å². The maximum Gasteiger partial charge on any atom is 0.164 e. The average Bonchev–Trinajstić information content (AvgIpc) is 2.90. The Balaban J connectivity index is 1.97. The van der Waals surface area contributed by atoms with Gasteiger partial charge in [-0.2, -0.15) is 0 Å². The molecule has 3 rings (SSSR count). The zero-order valence-electron chi connectivity index (χ0n) is 10.4. The van der Waals surface area contributed by atoms with Crippen LogP contribution in [0.5, 0.6) is 0 Å². The number of Topliss-reactive ketones (excluding diaryl/α,β-unsaturated/α-hetero) is 1. The van der Waals surface area contributed by atoms with E-state index >= 15 is 0 Å². The summed E-state index contributed by atoms with van der Waals surface area (Å²) in [5, 5.41) is 0. The third-order valence-electron chi connectivity index (χ3n) is 5.26. The summed E-state index contributed by atoms with van der Waals surface area (Å²) < 4.78 is 5.74. The van der Waals surface area contributed by atoms with Crippen LogP contribution in [0.4, 0.5) is 0 Å². The van der Waals surface area contributed by atoms with E-state index in [2.05, 4.69) is 19.9 Å². The van der Waals surface area contributed by atoms with Gasteiger partial charge in [-0.15, -0.1) is 0 Å². The molecular weight excluding hydrogens is 200 g/mol. The predicted octanol–water partition coefficient (Wildman–Crippen LogP) is 2.87. The predicted molar refractivity (Wildman–Crippen MR) is 62.1 cm³/mol. The molecule has 0 radical (unpaired) electrons. The van der Waals surface area contributed by atoms with Gasteiger partial charge in [0.25, 0.3) is 0 Å². The van der Waals surface area contributed by atoms with Gasteiger partial charge >= 0.3 is 0 Å². The number of epoxide rings is 1. The molecule has 1 saturated heterocycles. The third-order valence-corrected chi connectivity index (χ3v) is 5.26. The van der Waals surface area contributed by atoms with Gasteiger partial charge in [0.1, 0.15) is 0 Å². The van der Waals surface area contributed by atoms with Gasteiger partial charge in [0.05, 0.1) is 6.10 Å². The number of carbonyl (C=O) groups is 1. The van der Waals surface area contributed by atoms with Crippen molar-refractivity contribution in [1.29, 1.82) is 0 Å². The highest BCUT2D eigenvalue weighted by Gasteiger charge is 2.67. The monoisotopic (exact) mass is 220 g/mol. The molecule has 1 aliphatic heterocycles. The molecule has 0 aromatic rings. The Labute approximate surface area is 97.1 Å². The van der Waals surface area contributed by atoms with E-state index in [1.807, 2.05) is 0 Å². The first-order valence-corrected chi connectivity index (χ1v) is 6.37. The van der Waals surface area contributed by atoms with E-state index in [1.165, 1.54) is 12.8 Å². The molecule has 0 aromatic heterocycles. The summed E-state index contributed by atoms with van der Waals surface area (Å²) in [6.45, 7) is 6.33. The quantitative estimate of drug-likeness (QED) is 0.502. The molecule has 0 unspecified atom stereocenters. The Kier molecular flexibility index (Phi) is 1.96. The fourth-order valence-corrected chi connectivity index (χ4v) is 3.74. The highest BCUT2D eigenvalue weighted by atomic mass is 16.6. The lowest BCUT2D eigenvalue weighted by Gasteiger charge is -2.45. The molecular formula is C14H20O2. The van der Waals surface area contributed by atoms with E-state index in [0.29, 0.717) is 5.92 Å². The zero-order valence-corrected chi connectivity index (χ0v) is 10.4. The summed E-state index contributed by atoms with van der Waals surface area (Å²) in [5.74, 6) is 0.907. The Morgan fingerprint density at radius 3 is 3.00 bits per heavy atom. The van der Waals surface area contributed by atoms with E-state index in [-0.39, 0.29) is 17.3 Å². The van der Waals surface area contributed by atoms with Gasteiger partial charge in [0.2, 0.25) is 0 Å². The number of hydrogen-bond donors (Lipinski definition) is 0. The molecule has 2 nitrogen and oxygen atoms in total. The molecule has 0 aromatic carbocycles. The normalized spacial score (nSPS) is 50.1. The molecule has 88 valence electrons. The minimum atomic E-state index is -0.405. The maximum atomic E-state index is 11.7. The second-order valence-electron chi connectivity index (χ2n) is 6.06. The summed E-state index contributed by atoms with van der Waals surface area (Å²) in [7, 11) is 0. The van der Waals surface area contributed by atoms with Crippen LogP contribution in [-0.2, 0) is 9.53 Å². The highest BCUT2D eigenvalue weighted by Crippen LogP contribution is 2.61. The molecule has 3 aliphatic rings. The molecule has 2 aliphatic carbocycles. The molecule has 0 N–H and O–H groups in total. The van der Waals surface area contributed by atoms with Crippen molar-refractivity contribution in [3.63, 3.8) is 0 Å². The number of rotatable bonds is 1. The first-order valence-electron chi connectivity index (χ1n) is 6.37. The van der Waals surface area contributed by atoms with Crippen LogP contribution < -0.4 is 0 Å². The lowest BCUT2D eigenvalue weighted by atomic mass is 9.58. The standard InChI is InChI=1S/C14H20O2/c1-9-5-4-6-11-7-12-14(16-12,10(2)15)8-13(9,11)3/h6,9,12H,4-5,7-8H2,1-3H3/t9-,12-,13+,14-/m1/s1. The van der Waals surface area contributed by atoms with Crippen LogP contribution in [0.2, 0.25) is 0 Å². The van der Waals surface area contributed by atoms with Crippen molar-refractivity contribution in [2.45, 2.75) is 58.2 Å². The Morgan fingerprint density at radius 1 is 1.56 bits per heavy atom. The van der Waals surface area contributed by atoms with Crippen molar-refractivity contribution < 1.29 is 9.53 Å². The minimum Gasteiger partial charge on any atom is -0.357 e. The second kappa shape index (κ2) is 2.98. The van der Waals surface area contributed by atoms with Crippen LogP contribution in [0.25, 0.3) is 0 Å². The van der Waals surface area contributed by atoms with Crippen LogP contribution in [0.1, 0.15) is 46.5 Å². The van der Waals surface area contributed by atoms with Crippen molar-refractivity contribution in [3.05, 3.63) is 11.6 Å². The highest BCUT2D eigenvalue weighted by molar-refractivity contribution is 5.89. The summed E-state index contributed by atoms with van der Waals surface area (Å²) in [4.78, 5) is 11.7. The number of allylic oxidation sites excluding steroid dienone is 1. The lowest BCUT2D eigenvalue weighted by molar-refractivity contribution is -0.123. The topological polar surface area (TPSA) is 29.6 Å². The summed E-state index contributed by atoms with van der Waals surface area (Å²) >= 11 is 0. The van der Waals surface area contributed by atoms with Gasteiger partial charge in [0.15, 0.2) is 11.4 Å². The Morgan fingerprint density at radius 2 is 2.31 bits per heavy atom. The summed E-state index contributed by atoms with van der Waals surface area (Å²) in [6, 6.07) is 0. The van der Waals surface area contributed by atoms with Gasteiger partial charge in [-0.3, -0.25) is 4.79 Å². The number of ether oxygens (including phenoxy) is 1. The average molecular weight is 220 g/mol. The Bertz CT molecular complexity index is 384. The first kappa shape index (κ1) is 10.5. The van der Waals surface area contributed by atoms with Crippen molar-refractivity contribution in [3.8, 4) is 0 Å². The summed E-state index contributed by atoms with van der Waals surface area (Å²) in [6.07, 6.45) is 6.93. The second-order valence-corrected chi connectivity index (χ2v) is 6.06. The van der Waals surface area contributed by atoms with Gasteiger partial charge in [-0.05, 0) is 43.9 Å². The van der Waals surface area contributed by atoms with Crippen molar-refractivity contribution in [1.82, 2.24) is 0 Å². The minimum absolute atomic E-state index is 0.189. The van der Waals surface area contributed by atoms with E-state index in [4.69, 9.17) is 4.74 Å². The van der Waals surface area contributed by atoms with Crippen LogP contribution in [0, 0.1) is 11.3 Å². The van der Waals surface area contributed by atoms with Crippen molar-refractivity contribution >= 4 is 5.78 Å². The third kappa shape index (κ3) is 1.14. The van der Waals surface area contributed by atoms with Gasteiger partial charge < -0.3 is 4.74 Å². The van der Waals surface area contributed by atoms with Crippen molar-refractivity contribution in [2.75, 3.05) is 0 Å². The molecule has 0 amide bonds. The zero-order chi connectivity index (χ0) is 11.6. The Hall–Kier alpha value is -0.630. The smallest absolute Gasteiger partial charge is 0.164 e. The van der Waals surface area contributed by atoms with Crippen LogP contribution in [-0.4, -0.2) is 17.5 Å². The molecule has 1 saturated carbocycles. The lowest BCUT2D eigenvalue weighted by Crippen LogP contribution is -2.43. The van der Waals surface area contributed by atoms with E-state index < -0.39 is 5.60 Å². The van der Waals surface area contributed by atoms with Crippen LogP contribution in [0.3, 0.4) is 0 Å². The first-order chi connectivity index (χ1) is 7.49. The van der Waals surface area contributed by atoms with Gasteiger partial charge in [0, 0.05) is 0 Å². The number of hydrogen-bond acceptors (Lipinski definition) is 2. The molecule has 0 bridgehead atoms. The number of carbonyl (C=O) groups excluding carboxylic acids is 1. The van der Waals surface area contributed by atoms with E-state index in [0.717, 1.165) is 12.8 Å². The fraction of sp³-hybridized carbons (Fsp3) is 0.786. The molecule has 1 heterocycles. The van der Waals surface area contributed by atoms with Crippen LogP contribution in [0.15, 0.2) is 11.6 Å². The molecule has 2 heteroatoms. The molecule has 4 atom stereocenters. The van der Waals surface area contributed by atoms with Crippen LogP contribution >= 0.6 is 0 Å². The molecule has 2 fully saturated rings. The fourth-order valence-electron chi connectivity index (χ4n) is 3.74. The largest absolute Gasteiger partial charge is 0.357 e. The number of fused-ring (bicyclic) bond motifs is 2. The number of ketones is 1. The van der Waals surface area contributed by atoms with Gasteiger partial charge in [-0.1, -0.05) is 25.5 Å². The van der Waals surface area contributed by atoms with E-state index in [1.54, 1.807) is 12.5 Å². The molecule has 16 heavy (non-hydrogen) atoms. The van der Waals surface area contributed by atoms with Gasteiger partial charge in [-0.25, -0.2) is 0 Å². The maximum absolute atomic E-state index is 11.7. The van der Waals surface area contributed by atoms with E-state index in [9.17, 15) is 4.79 Å². The SMILES string of the molecule is CC(=O)[C@]12C[C@]3(C)C(=CCC[C@H]3C)C[C@H]1O2.